The molecule has 0 spiro atoms. The van der Waals surface area contributed by atoms with Gasteiger partial charge in [-0.15, -0.1) is 0 Å². The Hall–Kier alpha value is -3.40. The molecule has 0 unspecified atom stereocenters. The third kappa shape index (κ3) is 3.42. The summed E-state index contributed by atoms with van der Waals surface area (Å²) in [4.78, 5) is 35.1. The molecule has 1 saturated heterocycles. The van der Waals surface area contributed by atoms with Crippen LogP contribution in [0.5, 0.6) is 11.8 Å². The zero-order chi connectivity index (χ0) is 22.3. The maximum absolute atomic E-state index is 13.3. The Labute approximate surface area is 183 Å². The molecule has 3 aromatic rings. The highest BCUT2D eigenvalue weighted by Crippen LogP contribution is 2.30. The van der Waals surface area contributed by atoms with Crippen molar-refractivity contribution in [3.8, 4) is 11.8 Å². The Morgan fingerprint density at radius 1 is 1.06 bits per heavy atom. The molecule has 4 heterocycles. The van der Waals surface area contributed by atoms with Crippen LogP contribution in [0.15, 0.2) is 18.3 Å². The number of methoxy groups -OCH3 is 2. The number of carbonyl (C=O) groups is 2. The molecule has 2 amide bonds. The lowest BCUT2D eigenvalue weighted by Crippen LogP contribution is -2.45. The van der Waals surface area contributed by atoms with Gasteiger partial charge in [-0.05, 0) is 19.4 Å². The lowest BCUT2D eigenvalue weighted by Gasteiger charge is -2.28. The molecule has 0 aromatic carbocycles. The van der Waals surface area contributed by atoms with Crippen LogP contribution in [0.25, 0.3) is 11.0 Å². The van der Waals surface area contributed by atoms with E-state index in [1.54, 1.807) is 30.8 Å². The van der Waals surface area contributed by atoms with E-state index in [4.69, 9.17) is 21.1 Å². The summed E-state index contributed by atoms with van der Waals surface area (Å²) in [6.07, 6.45) is 2.05. The smallest absolute Gasteiger partial charge is 0.277 e. The van der Waals surface area contributed by atoms with E-state index in [1.807, 2.05) is 0 Å². The van der Waals surface area contributed by atoms with Crippen molar-refractivity contribution in [3.63, 3.8) is 0 Å². The van der Waals surface area contributed by atoms with E-state index in [2.05, 4.69) is 15.1 Å². The van der Waals surface area contributed by atoms with Crippen molar-refractivity contribution >= 4 is 34.4 Å². The molecule has 3 aromatic heterocycles. The first-order valence-electron chi connectivity index (χ1n) is 9.57. The topological polar surface area (TPSA) is 103 Å². The first-order chi connectivity index (χ1) is 14.9. The van der Waals surface area contributed by atoms with Crippen molar-refractivity contribution < 1.29 is 19.1 Å². The van der Waals surface area contributed by atoms with Crippen LogP contribution < -0.4 is 9.47 Å². The first kappa shape index (κ1) is 20.9. The maximum Gasteiger partial charge on any atom is 0.277 e. The molecule has 4 rings (SSSR count). The molecule has 0 atom stereocenters. The van der Waals surface area contributed by atoms with Gasteiger partial charge in [-0.1, -0.05) is 11.6 Å². The molecule has 10 nitrogen and oxygen atoms in total. The average molecular weight is 445 g/mol. The van der Waals surface area contributed by atoms with Crippen LogP contribution in [0.3, 0.4) is 0 Å². The third-order valence-corrected chi connectivity index (χ3v) is 5.55. The SMILES string of the molecule is COc1ccc(C(=O)N2CCCN2C(=O)c2cnc3c(c(C)nn3C)c2Cl)c(OC)n1. The molecule has 0 saturated carbocycles. The van der Waals surface area contributed by atoms with Crippen LogP contribution in [-0.2, 0) is 7.05 Å². The lowest BCUT2D eigenvalue weighted by atomic mass is 10.2. The van der Waals surface area contributed by atoms with E-state index in [9.17, 15) is 9.59 Å². The van der Waals surface area contributed by atoms with Gasteiger partial charge in [0.15, 0.2) is 5.65 Å². The van der Waals surface area contributed by atoms with Crippen molar-refractivity contribution in [2.45, 2.75) is 13.3 Å². The van der Waals surface area contributed by atoms with Gasteiger partial charge in [0.25, 0.3) is 11.8 Å². The monoisotopic (exact) mass is 444 g/mol. The van der Waals surface area contributed by atoms with Gasteiger partial charge in [0.1, 0.15) is 5.56 Å². The fourth-order valence-corrected chi connectivity index (χ4v) is 4.04. The number of hydrogen-bond donors (Lipinski definition) is 0. The highest BCUT2D eigenvalue weighted by Gasteiger charge is 2.35. The Morgan fingerprint density at radius 3 is 2.39 bits per heavy atom. The second kappa shape index (κ2) is 8.03. The predicted octanol–water partition coefficient (Wildman–Crippen LogP) is 2.25. The summed E-state index contributed by atoms with van der Waals surface area (Å²) in [5.41, 5.74) is 1.70. The van der Waals surface area contributed by atoms with Gasteiger partial charge in [0.05, 0.1) is 35.9 Å². The molecule has 31 heavy (non-hydrogen) atoms. The van der Waals surface area contributed by atoms with Gasteiger partial charge in [0, 0.05) is 32.4 Å². The molecule has 0 bridgehead atoms. The summed E-state index contributed by atoms with van der Waals surface area (Å²) in [5, 5.41) is 7.96. The molecule has 1 aliphatic rings. The van der Waals surface area contributed by atoms with Crippen molar-refractivity contribution in [1.82, 2.24) is 29.8 Å². The number of carbonyl (C=O) groups excluding carboxylic acids is 2. The summed E-state index contributed by atoms with van der Waals surface area (Å²) in [7, 11) is 4.66. The van der Waals surface area contributed by atoms with E-state index in [0.717, 1.165) is 0 Å². The normalized spacial score (nSPS) is 13.7. The van der Waals surface area contributed by atoms with E-state index in [1.165, 1.54) is 30.4 Å². The molecular weight excluding hydrogens is 424 g/mol. The molecule has 0 N–H and O–H groups in total. The van der Waals surface area contributed by atoms with Gasteiger partial charge in [-0.2, -0.15) is 10.1 Å². The van der Waals surface area contributed by atoms with Crippen molar-refractivity contribution in [1.29, 1.82) is 0 Å². The van der Waals surface area contributed by atoms with E-state index < -0.39 is 11.8 Å². The molecule has 11 heteroatoms. The molecule has 1 fully saturated rings. The standard InChI is InChI=1S/C20H21ClN6O4/c1-11-15-16(21)13(10-22-17(15)25(2)24-11)20(29)27-9-5-8-26(27)19(28)12-6-7-14(30-3)23-18(12)31-4/h6-7,10H,5,8-9H2,1-4H3. The number of pyridine rings is 2. The highest BCUT2D eigenvalue weighted by molar-refractivity contribution is 6.38. The second-order valence-corrected chi connectivity index (χ2v) is 7.39. The number of rotatable bonds is 4. The Balaban J connectivity index is 1.68. The summed E-state index contributed by atoms with van der Waals surface area (Å²) in [6, 6.07) is 3.13. The number of halogens is 1. The van der Waals surface area contributed by atoms with Crippen LogP contribution in [0, 0.1) is 6.92 Å². The molecule has 0 aliphatic carbocycles. The van der Waals surface area contributed by atoms with Crippen LogP contribution in [0.1, 0.15) is 32.8 Å². The van der Waals surface area contributed by atoms with Gasteiger partial charge in [-0.3, -0.25) is 14.3 Å². The fourth-order valence-electron chi connectivity index (χ4n) is 3.68. The number of hydrogen-bond acceptors (Lipinski definition) is 7. The number of aryl methyl sites for hydroxylation is 2. The number of aromatic nitrogens is 4. The highest BCUT2D eigenvalue weighted by atomic mass is 35.5. The lowest BCUT2D eigenvalue weighted by molar-refractivity contribution is 0.0183. The maximum atomic E-state index is 13.3. The van der Waals surface area contributed by atoms with Crippen molar-refractivity contribution in [2.24, 2.45) is 7.05 Å². The second-order valence-electron chi connectivity index (χ2n) is 7.01. The van der Waals surface area contributed by atoms with Gasteiger partial charge in [0.2, 0.25) is 11.8 Å². The molecule has 0 radical (unpaired) electrons. The minimum Gasteiger partial charge on any atom is -0.481 e. The van der Waals surface area contributed by atoms with Crippen LogP contribution >= 0.6 is 11.6 Å². The number of fused-ring (bicyclic) bond motifs is 1. The van der Waals surface area contributed by atoms with Gasteiger partial charge in [-0.25, -0.2) is 15.0 Å². The molecule has 162 valence electrons. The van der Waals surface area contributed by atoms with Crippen LogP contribution in [-0.4, -0.2) is 68.9 Å². The summed E-state index contributed by atoms with van der Waals surface area (Å²) in [6.45, 7) is 2.55. The summed E-state index contributed by atoms with van der Waals surface area (Å²) < 4.78 is 11.9. The number of ether oxygens (including phenoxy) is 2. The Kier molecular flexibility index (Phi) is 5.40. The van der Waals surface area contributed by atoms with E-state index >= 15 is 0 Å². The number of hydrazine groups is 1. The van der Waals surface area contributed by atoms with Crippen LogP contribution in [0.2, 0.25) is 5.02 Å². The van der Waals surface area contributed by atoms with E-state index in [0.29, 0.717) is 42.1 Å². The minimum atomic E-state index is -0.408. The molecular formula is C20H21ClN6O4. The van der Waals surface area contributed by atoms with Crippen molar-refractivity contribution in [2.75, 3.05) is 27.3 Å². The first-order valence-corrected chi connectivity index (χ1v) is 9.95. The zero-order valence-corrected chi connectivity index (χ0v) is 18.3. The van der Waals surface area contributed by atoms with Crippen LogP contribution in [0.4, 0.5) is 0 Å². The Morgan fingerprint density at radius 2 is 1.74 bits per heavy atom. The number of nitrogens with zero attached hydrogens (tertiary/aromatic N) is 6. The number of amides is 2. The predicted molar refractivity (Wildman–Crippen MR) is 112 cm³/mol. The van der Waals surface area contributed by atoms with E-state index in [-0.39, 0.29) is 22.0 Å². The Bertz CT molecular complexity index is 1190. The van der Waals surface area contributed by atoms with Gasteiger partial charge < -0.3 is 9.47 Å². The summed E-state index contributed by atoms with van der Waals surface area (Å²) in [5.74, 6) is -0.369. The minimum absolute atomic E-state index is 0.121. The largest absolute Gasteiger partial charge is 0.481 e. The zero-order valence-electron chi connectivity index (χ0n) is 17.5. The quantitative estimate of drug-likeness (QED) is 0.608. The fraction of sp³-hybridized carbons (Fsp3) is 0.350. The van der Waals surface area contributed by atoms with Crippen molar-refractivity contribution in [3.05, 3.63) is 40.2 Å². The van der Waals surface area contributed by atoms with Gasteiger partial charge >= 0.3 is 0 Å². The third-order valence-electron chi connectivity index (χ3n) is 5.16. The summed E-state index contributed by atoms with van der Waals surface area (Å²) >= 11 is 6.57. The average Bonchev–Trinajstić information content (AvgIpc) is 3.37. The molecule has 1 aliphatic heterocycles.